The standard InChI is InChI=1S/C21H24N2O8S/c1-10-18(11(2)31-23-10)15-6-16(8-22-7-15)30-21-20(29-14(5)26)19(28-13(4)25)17(9-32-21)27-12(3)24/h6-8,17,19-21H,9H2,1-5H3/t17-,19+,20-,21-/m1/s1. The molecular formula is C21H24N2O8S. The van der Waals surface area contributed by atoms with Crippen LogP contribution >= 0.6 is 11.8 Å². The number of nitrogens with zero attached hydrogens (tertiary/aromatic N) is 2. The van der Waals surface area contributed by atoms with Gasteiger partial charge in [-0.05, 0) is 19.9 Å². The zero-order valence-electron chi connectivity index (χ0n) is 18.3. The number of aromatic nitrogens is 2. The van der Waals surface area contributed by atoms with E-state index in [1.807, 2.05) is 6.92 Å². The van der Waals surface area contributed by atoms with Crippen molar-refractivity contribution in [2.24, 2.45) is 0 Å². The summed E-state index contributed by atoms with van der Waals surface area (Å²) in [5.41, 5.74) is 1.53. The van der Waals surface area contributed by atoms with Crippen LogP contribution in [0.25, 0.3) is 11.1 Å². The third-order valence-electron chi connectivity index (χ3n) is 4.59. The number of pyridine rings is 1. The van der Waals surface area contributed by atoms with Crippen molar-refractivity contribution in [3.05, 3.63) is 29.9 Å². The Morgan fingerprint density at radius 2 is 1.66 bits per heavy atom. The Morgan fingerprint density at radius 3 is 2.25 bits per heavy atom. The lowest BCUT2D eigenvalue weighted by Gasteiger charge is -2.39. The fourth-order valence-electron chi connectivity index (χ4n) is 3.46. The van der Waals surface area contributed by atoms with Crippen LogP contribution in [-0.4, -0.2) is 57.5 Å². The summed E-state index contributed by atoms with van der Waals surface area (Å²) in [7, 11) is 0. The predicted molar refractivity (Wildman–Crippen MR) is 113 cm³/mol. The van der Waals surface area contributed by atoms with Crippen molar-refractivity contribution in [1.82, 2.24) is 10.1 Å². The number of carbonyl (C=O) groups excluding carboxylic acids is 3. The van der Waals surface area contributed by atoms with Gasteiger partial charge in [0.2, 0.25) is 0 Å². The Bertz CT molecular complexity index is 988. The third kappa shape index (κ3) is 5.58. The molecule has 4 atom stereocenters. The summed E-state index contributed by atoms with van der Waals surface area (Å²) in [4.78, 5) is 39.2. The summed E-state index contributed by atoms with van der Waals surface area (Å²) < 4.78 is 27.4. The van der Waals surface area contributed by atoms with Crippen LogP contribution in [0.4, 0.5) is 0 Å². The molecule has 1 aliphatic heterocycles. The third-order valence-corrected chi connectivity index (χ3v) is 5.81. The Labute approximate surface area is 188 Å². The quantitative estimate of drug-likeness (QED) is 0.462. The molecule has 0 radical (unpaired) electrons. The molecule has 10 nitrogen and oxygen atoms in total. The van der Waals surface area contributed by atoms with Gasteiger partial charge in [0.05, 0.1) is 11.9 Å². The number of hydrogen-bond acceptors (Lipinski definition) is 11. The molecule has 0 saturated carbocycles. The summed E-state index contributed by atoms with van der Waals surface area (Å²) in [5.74, 6) is -0.402. The van der Waals surface area contributed by atoms with E-state index in [-0.39, 0.29) is 5.75 Å². The van der Waals surface area contributed by atoms with Gasteiger partial charge in [-0.3, -0.25) is 19.4 Å². The highest BCUT2D eigenvalue weighted by molar-refractivity contribution is 7.99. The number of carbonyl (C=O) groups is 3. The van der Waals surface area contributed by atoms with Gasteiger partial charge >= 0.3 is 17.9 Å². The van der Waals surface area contributed by atoms with Gasteiger partial charge < -0.3 is 23.5 Å². The largest absolute Gasteiger partial charge is 0.474 e. The zero-order chi connectivity index (χ0) is 23.4. The van der Waals surface area contributed by atoms with Gasteiger partial charge in [-0.2, -0.15) is 0 Å². The van der Waals surface area contributed by atoms with Crippen molar-refractivity contribution < 1.29 is 37.9 Å². The molecule has 0 spiro atoms. The van der Waals surface area contributed by atoms with Gasteiger partial charge in [0.25, 0.3) is 0 Å². The van der Waals surface area contributed by atoms with Crippen LogP contribution in [0.2, 0.25) is 0 Å². The van der Waals surface area contributed by atoms with Crippen LogP contribution in [0.5, 0.6) is 5.75 Å². The van der Waals surface area contributed by atoms with E-state index in [0.717, 1.165) is 11.1 Å². The van der Waals surface area contributed by atoms with Crippen LogP contribution in [0.3, 0.4) is 0 Å². The molecule has 2 aromatic rings. The molecular weight excluding hydrogens is 440 g/mol. The van der Waals surface area contributed by atoms with Gasteiger partial charge in [-0.25, -0.2) is 0 Å². The second kappa shape index (κ2) is 10.0. The minimum absolute atomic E-state index is 0.275. The number of thioether (sulfide) groups is 1. The van der Waals surface area contributed by atoms with Crippen LogP contribution < -0.4 is 4.74 Å². The Balaban J connectivity index is 1.89. The number of rotatable bonds is 6. The normalized spacial score (nSPS) is 22.7. The summed E-state index contributed by atoms with van der Waals surface area (Å²) in [6, 6.07) is 1.77. The van der Waals surface area contributed by atoms with Gasteiger partial charge in [-0.15, -0.1) is 11.8 Å². The minimum atomic E-state index is -1.02. The van der Waals surface area contributed by atoms with Crippen molar-refractivity contribution >= 4 is 29.7 Å². The highest BCUT2D eigenvalue weighted by Crippen LogP contribution is 2.35. The molecule has 0 bridgehead atoms. The molecule has 0 N–H and O–H groups in total. The molecule has 0 unspecified atom stereocenters. The van der Waals surface area contributed by atoms with E-state index in [2.05, 4.69) is 10.1 Å². The molecule has 1 aliphatic rings. The SMILES string of the molecule is CC(=O)O[C@@H]1[C@@H](OC(C)=O)[C@H](OC(C)=O)CS[C@H]1Oc1cncc(-c2c(C)noc2C)c1. The lowest BCUT2D eigenvalue weighted by Crippen LogP contribution is -2.55. The molecule has 172 valence electrons. The summed E-state index contributed by atoms with van der Waals surface area (Å²) >= 11 is 1.27. The Morgan fingerprint density at radius 1 is 1.00 bits per heavy atom. The van der Waals surface area contributed by atoms with Crippen LogP contribution in [0, 0.1) is 13.8 Å². The average Bonchev–Trinajstić information content (AvgIpc) is 3.03. The monoisotopic (exact) mass is 464 g/mol. The minimum Gasteiger partial charge on any atom is -0.474 e. The molecule has 0 amide bonds. The highest BCUT2D eigenvalue weighted by atomic mass is 32.2. The summed E-state index contributed by atoms with van der Waals surface area (Å²) in [6.07, 6.45) is 0.353. The van der Waals surface area contributed by atoms with E-state index in [1.54, 1.807) is 19.2 Å². The number of hydrogen-bond donors (Lipinski definition) is 0. The first kappa shape index (κ1) is 23.6. The molecule has 0 aliphatic carbocycles. The number of esters is 3. The summed E-state index contributed by atoms with van der Waals surface area (Å²) in [6.45, 7) is 7.35. The molecule has 1 fully saturated rings. The topological polar surface area (TPSA) is 127 Å². The maximum absolute atomic E-state index is 11.8. The van der Waals surface area contributed by atoms with E-state index in [0.29, 0.717) is 17.2 Å². The van der Waals surface area contributed by atoms with E-state index < -0.39 is 41.7 Å². The Hall–Kier alpha value is -3.08. The molecule has 32 heavy (non-hydrogen) atoms. The van der Waals surface area contributed by atoms with Crippen molar-refractivity contribution in [1.29, 1.82) is 0 Å². The van der Waals surface area contributed by atoms with Crippen molar-refractivity contribution in [3.8, 4) is 16.9 Å². The van der Waals surface area contributed by atoms with Gasteiger partial charge in [-0.1, -0.05) is 5.16 Å². The van der Waals surface area contributed by atoms with Crippen LogP contribution in [-0.2, 0) is 28.6 Å². The highest BCUT2D eigenvalue weighted by Gasteiger charge is 2.47. The van der Waals surface area contributed by atoms with Crippen LogP contribution in [0.15, 0.2) is 23.0 Å². The maximum atomic E-state index is 11.8. The van der Waals surface area contributed by atoms with Gasteiger partial charge in [0.1, 0.15) is 11.5 Å². The van der Waals surface area contributed by atoms with Crippen LogP contribution in [0.1, 0.15) is 32.2 Å². The molecule has 1 saturated heterocycles. The zero-order valence-corrected chi connectivity index (χ0v) is 19.1. The fraction of sp³-hybridized carbons (Fsp3) is 0.476. The van der Waals surface area contributed by atoms with Crippen molar-refractivity contribution in [2.45, 2.75) is 58.4 Å². The van der Waals surface area contributed by atoms with E-state index in [9.17, 15) is 14.4 Å². The molecule has 3 rings (SSSR count). The smallest absolute Gasteiger partial charge is 0.303 e. The number of aryl methyl sites for hydroxylation is 2. The Kier molecular flexibility index (Phi) is 7.39. The van der Waals surface area contributed by atoms with E-state index >= 15 is 0 Å². The maximum Gasteiger partial charge on any atom is 0.303 e. The van der Waals surface area contributed by atoms with Crippen molar-refractivity contribution in [3.63, 3.8) is 0 Å². The first-order valence-electron chi connectivity index (χ1n) is 9.84. The van der Waals surface area contributed by atoms with Gasteiger partial charge in [0.15, 0.2) is 23.7 Å². The van der Waals surface area contributed by atoms with E-state index in [1.165, 1.54) is 38.7 Å². The van der Waals surface area contributed by atoms with Gasteiger partial charge in [0, 0.05) is 43.8 Å². The molecule has 2 aromatic heterocycles. The van der Waals surface area contributed by atoms with Crippen molar-refractivity contribution in [2.75, 3.05) is 5.75 Å². The lowest BCUT2D eigenvalue weighted by molar-refractivity contribution is -0.186. The summed E-state index contributed by atoms with van der Waals surface area (Å²) in [5, 5.41) is 3.96. The first-order chi connectivity index (χ1) is 15.2. The average molecular weight is 464 g/mol. The van der Waals surface area contributed by atoms with E-state index in [4.69, 9.17) is 23.5 Å². The molecule has 3 heterocycles. The second-order valence-electron chi connectivity index (χ2n) is 7.22. The molecule has 11 heteroatoms. The lowest BCUT2D eigenvalue weighted by atomic mass is 10.1. The molecule has 0 aromatic carbocycles. The second-order valence-corrected chi connectivity index (χ2v) is 8.36. The predicted octanol–water partition coefficient (Wildman–Crippen LogP) is 2.60. The number of ether oxygens (including phenoxy) is 4. The fourth-order valence-corrected chi connectivity index (χ4v) is 4.68. The first-order valence-corrected chi connectivity index (χ1v) is 10.9.